The summed E-state index contributed by atoms with van der Waals surface area (Å²) in [4.78, 5) is 23.0. The van der Waals surface area contributed by atoms with Crippen molar-refractivity contribution < 1.29 is 14.7 Å². The molecule has 0 saturated carbocycles. The predicted molar refractivity (Wildman–Crippen MR) is 79.8 cm³/mol. The van der Waals surface area contributed by atoms with E-state index < -0.39 is 12.0 Å². The molecule has 1 amide bonds. The maximum absolute atomic E-state index is 12.2. The molecule has 1 aromatic heterocycles. The van der Waals surface area contributed by atoms with Crippen molar-refractivity contribution >= 4 is 24.3 Å². The van der Waals surface area contributed by atoms with Crippen LogP contribution in [0.25, 0.3) is 0 Å². The molecule has 1 aromatic rings. The Hall–Kier alpha value is -1.60. The lowest BCUT2D eigenvalue weighted by atomic mass is 10.1. The lowest BCUT2D eigenvalue weighted by Gasteiger charge is -2.11. The molecule has 8 heteroatoms. The van der Waals surface area contributed by atoms with Crippen LogP contribution in [-0.4, -0.2) is 45.4 Å². The smallest absolute Gasteiger partial charge is 0.320 e. The van der Waals surface area contributed by atoms with Gasteiger partial charge in [0.2, 0.25) is 0 Å². The van der Waals surface area contributed by atoms with E-state index in [4.69, 9.17) is 5.11 Å². The van der Waals surface area contributed by atoms with Gasteiger partial charge in [-0.2, -0.15) is 5.10 Å². The van der Waals surface area contributed by atoms with Gasteiger partial charge in [-0.25, -0.2) is 0 Å². The van der Waals surface area contributed by atoms with Crippen molar-refractivity contribution in [3.05, 3.63) is 17.5 Å². The number of hydrogen-bond donors (Lipinski definition) is 3. The lowest BCUT2D eigenvalue weighted by molar-refractivity contribution is -0.139. The number of aromatic nitrogens is 2. The number of carbonyl (C=O) groups is 2. The van der Waals surface area contributed by atoms with Gasteiger partial charge in [-0.1, -0.05) is 6.92 Å². The van der Waals surface area contributed by atoms with E-state index in [-0.39, 0.29) is 24.4 Å². The standard InChI is InChI=1S/C13H20N4O3.ClH/c1-3-4-17-8(2)10(7-15-17)12(18)16-9-5-11(13(19)20)14-6-9;/h7,9,11,14H,3-6H2,1-2H3,(H,16,18)(H,19,20);1H/t9-,11-;/m0./s1. The number of amides is 1. The zero-order valence-electron chi connectivity index (χ0n) is 12.1. The molecule has 1 aliphatic rings. The number of rotatable bonds is 5. The van der Waals surface area contributed by atoms with Crippen LogP contribution in [0.4, 0.5) is 0 Å². The van der Waals surface area contributed by atoms with Gasteiger partial charge in [0.05, 0.1) is 11.8 Å². The van der Waals surface area contributed by atoms with Crippen molar-refractivity contribution in [3.63, 3.8) is 0 Å². The Kier molecular flexibility index (Phi) is 6.17. The van der Waals surface area contributed by atoms with E-state index in [1.54, 1.807) is 6.20 Å². The first-order valence-electron chi connectivity index (χ1n) is 6.82. The molecule has 1 saturated heterocycles. The molecule has 2 atom stereocenters. The molecule has 0 unspecified atom stereocenters. The summed E-state index contributed by atoms with van der Waals surface area (Å²) in [6, 6.07) is -0.735. The third kappa shape index (κ3) is 3.95. The van der Waals surface area contributed by atoms with Crippen LogP contribution >= 0.6 is 12.4 Å². The Morgan fingerprint density at radius 3 is 2.86 bits per heavy atom. The molecule has 2 rings (SSSR count). The fourth-order valence-corrected chi connectivity index (χ4v) is 2.40. The van der Waals surface area contributed by atoms with E-state index in [0.29, 0.717) is 18.5 Å². The summed E-state index contributed by atoms with van der Waals surface area (Å²) in [5, 5.41) is 18.8. The van der Waals surface area contributed by atoms with Gasteiger partial charge < -0.3 is 15.7 Å². The number of aryl methyl sites for hydroxylation is 1. The Labute approximate surface area is 129 Å². The zero-order chi connectivity index (χ0) is 14.7. The minimum Gasteiger partial charge on any atom is -0.480 e. The van der Waals surface area contributed by atoms with E-state index in [0.717, 1.165) is 18.7 Å². The molecule has 3 N–H and O–H groups in total. The summed E-state index contributed by atoms with van der Waals surface area (Å²) in [6.07, 6.45) is 2.93. The second kappa shape index (κ2) is 7.42. The maximum Gasteiger partial charge on any atom is 0.320 e. The van der Waals surface area contributed by atoms with Crippen LogP contribution in [0.2, 0.25) is 0 Å². The first kappa shape index (κ1) is 17.5. The summed E-state index contributed by atoms with van der Waals surface area (Å²) in [5.74, 6) is -1.07. The van der Waals surface area contributed by atoms with Gasteiger partial charge in [-0.05, 0) is 19.8 Å². The number of halogens is 1. The topological polar surface area (TPSA) is 96.3 Å². The minimum atomic E-state index is -0.881. The summed E-state index contributed by atoms with van der Waals surface area (Å²) >= 11 is 0. The fraction of sp³-hybridized carbons (Fsp3) is 0.615. The highest BCUT2D eigenvalue weighted by Crippen LogP contribution is 2.11. The lowest BCUT2D eigenvalue weighted by Crippen LogP contribution is -2.36. The van der Waals surface area contributed by atoms with Crippen molar-refractivity contribution in [2.24, 2.45) is 0 Å². The van der Waals surface area contributed by atoms with Gasteiger partial charge in [0.25, 0.3) is 5.91 Å². The number of hydrogen-bond acceptors (Lipinski definition) is 4. The number of carboxylic acid groups (broad SMARTS) is 1. The molecule has 0 aromatic carbocycles. The average Bonchev–Trinajstić information content (AvgIpc) is 2.98. The van der Waals surface area contributed by atoms with Crippen molar-refractivity contribution in [1.82, 2.24) is 20.4 Å². The highest BCUT2D eigenvalue weighted by molar-refractivity contribution is 5.95. The third-order valence-corrected chi connectivity index (χ3v) is 3.55. The first-order chi connectivity index (χ1) is 9.52. The maximum atomic E-state index is 12.2. The van der Waals surface area contributed by atoms with Gasteiger partial charge in [0.1, 0.15) is 6.04 Å². The van der Waals surface area contributed by atoms with Crippen LogP contribution in [-0.2, 0) is 11.3 Å². The SMILES string of the molecule is CCCn1ncc(C(=O)N[C@@H]2CN[C@H](C(=O)O)C2)c1C.Cl. The van der Waals surface area contributed by atoms with E-state index in [1.807, 2.05) is 11.6 Å². The van der Waals surface area contributed by atoms with Crippen molar-refractivity contribution in [3.8, 4) is 0 Å². The van der Waals surface area contributed by atoms with E-state index >= 15 is 0 Å². The second-order valence-corrected chi connectivity index (χ2v) is 5.07. The van der Waals surface area contributed by atoms with Gasteiger partial charge in [0.15, 0.2) is 0 Å². The quantitative estimate of drug-likeness (QED) is 0.738. The number of carbonyl (C=O) groups excluding carboxylic acids is 1. The normalized spacial score (nSPS) is 20.9. The van der Waals surface area contributed by atoms with Gasteiger partial charge in [0, 0.05) is 24.8 Å². The van der Waals surface area contributed by atoms with E-state index in [9.17, 15) is 9.59 Å². The largest absolute Gasteiger partial charge is 0.480 e. The van der Waals surface area contributed by atoms with Gasteiger partial charge in [-0.3, -0.25) is 14.3 Å². The number of carboxylic acids is 1. The summed E-state index contributed by atoms with van der Waals surface area (Å²) in [6.45, 7) is 5.18. The second-order valence-electron chi connectivity index (χ2n) is 5.07. The van der Waals surface area contributed by atoms with E-state index in [1.165, 1.54) is 0 Å². The molecule has 118 valence electrons. The third-order valence-electron chi connectivity index (χ3n) is 3.55. The monoisotopic (exact) mass is 316 g/mol. The molecular formula is C13H21ClN4O3. The molecule has 1 aliphatic heterocycles. The fourth-order valence-electron chi connectivity index (χ4n) is 2.40. The number of nitrogens with one attached hydrogen (secondary N) is 2. The van der Waals surface area contributed by atoms with Crippen LogP contribution < -0.4 is 10.6 Å². The molecule has 0 aliphatic carbocycles. The van der Waals surface area contributed by atoms with Gasteiger partial charge >= 0.3 is 5.97 Å². The minimum absolute atomic E-state index is 0. The van der Waals surface area contributed by atoms with Crippen LogP contribution in [0.5, 0.6) is 0 Å². The molecule has 0 radical (unpaired) electrons. The van der Waals surface area contributed by atoms with Crippen LogP contribution in [0.1, 0.15) is 35.8 Å². The molecule has 1 fully saturated rings. The Morgan fingerprint density at radius 2 is 2.29 bits per heavy atom. The van der Waals surface area contributed by atoms with Crippen LogP contribution in [0, 0.1) is 6.92 Å². The van der Waals surface area contributed by atoms with Crippen molar-refractivity contribution in [2.75, 3.05) is 6.54 Å². The number of nitrogens with zero attached hydrogens (tertiary/aromatic N) is 2. The average molecular weight is 317 g/mol. The predicted octanol–water partition coefficient (Wildman–Crippen LogP) is 0.568. The summed E-state index contributed by atoms with van der Waals surface area (Å²) < 4.78 is 1.81. The van der Waals surface area contributed by atoms with E-state index in [2.05, 4.69) is 22.7 Å². The molecular weight excluding hydrogens is 296 g/mol. The first-order valence-corrected chi connectivity index (χ1v) is 6.82. The molecule has 7 nitrogen and oxygen atoms in total. The van der Waals surface area contributed by atoms with Crippen molar-refractivity contribution in [1.29, 1.82) is 0 Å². The van der Waals surface area contributed by atoms with Crippen molar-refractivity contribution in [2.45, 2.75) is 45.3 Å². The van der Waals surface area contributed by atoms with Gasteiger partial charge in [-0.15, -0.1) is 12.4 Å². The summed E-state index contributed by atoms with van der Waals surface area (Å²) in [5.41, 5.74) is 1.39. The Balaban J connectivity index is 0.00000220. The highest BCUT2D eigenvalue weighted by atomic mass is 35.5. The molecule has 21 heavy (non-hydrogen) atoms. The molecule has 2 heterocycles. The van der Waals surface area contributed by atoms with Crippen LogP contribution in [0.15, 0.2) is 6.20 Å². The number of aliphatic carboxylic acids is 1. The highest BCUT2D eigenvalue weighted by Gasteiger charge is 2.30. The molecule has 0 bridgehead atoms. The zero-order valence-corrected chi connectivity index (χ0v) is 12.9. The molecule has 0 spiro atoms. The Bertz CT molecular complexity index is 518. The summed E-state index contributed by atoms with van der Waals surface area (Å²) in [7, 11) is 0. The van der Waals surface area contributed by atoms with Crippen LogP contribution in [0.3, 0.4) is 0 Å². The Morgan fingerprint density at radius 1 is 1.57 bits per heavy atom.